The van der Waals surface area contributed by atoms with Crippen LogP contribution in [0.2, 0.25) is 0 Å². The summed E-state index contributed by atoms with van der Waals surface area (Å²) in [5, 5.41) is 6.54. The number of aromatic amines is 1. The molecule has 0 unspecified atom stereocenters. The van der Waals surface area contributed by atoms with Gasteiger partial charge in [0.05, 0.1) is 19.4 Å². The van der Waals surface area contributed by atoms with Gasteiger partial charge in [0.1, 0.15) is 5.75 Å². The lowest BCUT2D eigenvalue weighted by Crippen LogP contribution is -2.05. The van der Waals surface area contributed by atoms with Crippen LogP contribution in [0.4, 0.5) is 0 Å². The maximum atomic E-state index is 5.67. The van der Waals surface area contributed by atoms with Gasteiger partial charge < -0.3 is 9.47 Å². The minimum Gasteiger partial charge on any atom is -0.493 e. The molecule has 0 spiro atoms. The van der Waals surface area contributed by atoms with Crippen LogP contribution >= 0.6 is 0 Å². The molecule has 0 amide bonds. The summed E-state index contributed by atoms with van der Waals surface area (Å²) in [7, 11) is 0. The fraction of sp³-hybridized carbons (Fsp3) is 0.214. The molecule has 0 saturated carbocycles. The summed E-state index contributed by atoms with van der Waals surface area (Å²) >= 11 is 0. The molecule has 1 N–H and O–H groups in total. The van der Waals surface area contributed by atoms with E-state index in [0.717, 1.165) is 17.7 Å². The monoisotopic (exact) mass is 244 g/mol. The molecule has 0 aliphatic heterocycles. The highest BCUT2D eigenvalue weighted by molar-refractivity contribution is 5.55. The van der Waals surface area contributed by atoms with Crippen molar-refractivity contribution in [3.63, 3.8) is 0 Å². The maximum Gasteiger partial charge on any atom is 0.208 e. The first-order valence-electron chi connectivity index (χ1n) is 5.86. The average molecular weight is 244 g/mol. The second-order valence-electron chi connectivity index (χ2n) is 3.71. The lowest BCUT2D eigenvalue weighted by Gasteiger charge is -2.09. The fourth-order valence-corrected chi connectivity index (χ4v) is 1.53. The van der Waals surface area contributed by atoms with Gasteiger partial charge in [0.15, 0.2) is 0 Å². The number of H-pyrrole nitrogens is 1. The second kappa shape index (κ2) is 6.49. The minimum absolute atomic E-state index is 0.596. The number of nitrogens with one attached hydrogen (secondary N) is 1. The molecule has 1 heterocycles. The first kappa shape index (κ1) is 12.2. The zero-order chi connectivity index (χ0) is 12.6. The van der Waals surface area contributed by atoms with Crippen molar-refractivity contribution in [2.45, 2.75) is 6.42 Å². The van der Waals surface area contributed by atoms with Crippen molar-refractivity contribution in [3.05, 3.63) is 48.7 Å². The Morgan fingerprint density at radius 1 is 1.17 bits per heavy atom. The van der Waals surface area contributed by atoms with E-state index >= 15 is 0 Å². The molecule has 0 fully saturated rings. The topological polar surface area (TPSA) is 47.1 Å². The molecule has 0 aliphatic carbocycles. The average Bonchev–Trinajstić information content (AvgIpc) is 2.92. The van der Waals surface area contributed by atoms with Crippen LogP contribution in [-0.2, 0) is 0 Å². The second-order valence-corrected chi connectivity index (χ2v) is 3.71. The van der Waals surface area contributed by atoms with Gasteiger partial charge in [-0.05, 0) is 6.07 Å². The molecule has 0 radical (unpaired) electrons. The van der Waals surface area contributed by atoms with Gasteiger partial charge in [0.2, 0.25) is 5.88 Å². The molecule has 0 bridgehead atoms. The molecule has 1 aromatic heterocycles. The number of benzene rings is 1. The molecule has 94 valence electrons. The lowest BCUT2D eigenvalue weighted by atomic mass is 10.2. The summed E-state index contributed by atoms with van der Waals surface area (Å²) in [5.41, 5.74) is 1.01. The minimum atomic E-state index is 0.596. The molecule has 4 nitrogen and oxygen atoms in total. The third-order valence-electron chi connectivity index (χ3n) is 2.42. The Labute approximate surface area is 106 Å². The van der Waals surface area contributed by atoms with E-state index in [4.69, 9.17) is 9.47 Å². The lowest BCUT2D eigenvalue weighted by molar-refractivity contribution is 0.242. The fourth-order valence-electron chi connectivity index (χ4n) is 1.53. The normalized spacial score (nSPS) is 10.0. The van der Waals surface area contributed by atoms with Crippen LogP contribution < -0.4 is 9.47 Å². The van der Waals surface area contributed by atoms with Crippen LogP contribution in [0.3, 0.4) is 0 Å². The standard InChI is InChI=1S/C14H16N2O2/c1-2-12-6-3-4-7-13(12)17-10-5-11-18-14-8-9-15-16-14/h2-4,6-9H,1,5,10-11H2,(H,15,16). The number of nitrogens with zero attached hydrogens (tertiary/aromatic N) is 1. The number of hydrogen-bond acceptors (Lipinski definition) is 3. The highest BCUT2D eigenvalue weighted by atomic mass is 16.5. The van der Waals surface area contributed by atoms with Gasteiger partial charge >= 0.3 is 0 Å². The van der Waals surface area contributed by atoms with Crippen molar-refractivity contribution in [2.24, 2.45) is 0 Å². The summed E-state index contributed by atoms with van der Waals surface area (Å²) in [4.78, 5) is 0. The largest absolute Gasteiger partial charge is 0.493 e. The van der Waals surface area contributed by atoms with Crippen molar-refractivity contribution in [1.29, 1.82) is 0 Å². The van der Waals surface area contributed by atoms with Crippen LogP contribution in [0.15, 0.2) is 43.1 Å². The van der Waals surface area contributed by atoms with E-state index in [1.54, 1.807) is 18.3 Å². The third-order valence-corrected chi connectivity index (χ3v) is 2.42. The molecule has 0 saturated heterocycles. The van der Waals surface area contributed by atoms with Crippen LogP contribution in [0.25, 0.3) is 6.08 Å². The van der Waals surface area contributed by atoms with Gasteiger partial charge in [-0.3, -0.25) is 0 Å². The Kier molecular flexibility index (Phi) is 4.41. The van der Waals surface area contributed by atoms with Gasteiger partial charge in [0.25, 0.3) is 0 Å². The van der Waals surface area contributed by atoms with Crippen LogP contribution in [-0.4, -0.2) is 23.4 Å². The summed E-state index contributed by atoms with van der Waals surface area (Å²) in [6.07, 6.45) is 4.26. The number of rotatable bonds is 7. The number of ether oxygens (including phenoxy) is 2. The van der Waals surface area contributed by atoms with E-state index < -0.39 is 0 Å². The van der Waals surface area contributed by atoms with Crippen molar-refractivity contribution in [2.75, 3.05) is 13.2 Å². The first-order chi connectivity index (χ1) is 8.90. The van der Waals surface area contributed by atoms with Crippen LogP contribution in [0.1, 0.15) is 12.0 Å². The van der Waals surface area contributed by atoms with E-state index in [1.807, 2.05) is 24.3 Å². The SMILES string of the molecule is C=Cc1ccccc1OCCCOc1ccn[nH]1. The molecule has 1 aromatic carbocycles. The number of para-hydroxylation sites is 1. The van der Waals surface area contributed by atoms with Crippen molar-refractivity contribution < 1.29 is 9.47 Å². The van der Waals surface area contributed by atoms with E-state index in [0.29, 0.717) is 19.1 Å². The van der Waals surface area contributed by atoms with E-state index in [9.17, 15) is 0 Å². The molecule has 4 heteroatoms. The first-order valence-corrected chi connectivity index (χ1v) is 5.86. The summed E-state index contributed by atoms with van der Waals surface area (Å²) in [6, 6.07) is 9.61. The van der Waals surface area contributed by atoms with Crippen molar-refractivity contribution in [3.8, 4) is 11.6 Å². The Hall–Kier alpha value is -2.23. The van der Waals surface area contributed by atoms with Gasteiger partial charge in [-0.1, -0.05) is 30.9 Å². The number of hydrogen-bond donors (Lipinski definition) is 1. The summed E-state index contributed by atoms with van der Waals surface area (Å²) in [5.74, 6) is 1.54. The summed E-state index contributed by atoms with van der Waals surface area (Å²) in [6.45, 7) is 4.96. The molecular formula is C14H16N2O2. The molecule has 18 heavy (non-hydrogen) atoms. The highest BCUT2D eigenvalue weighted by Gasteiger charge is 1.99. The van der Waals surface area contributed by atoms with E-state index in [1.165, 1.54) is 0 Å². The van der Waals surface area contributed by atoms with E-state index in [2.05, 4.69) is 16.8 Å². The Bertz CT molecular complexity index is 480. The zero-order valence-corrected chi connectivity index (χ0v) is 10.1. The predicted octanol–water partition coefficient (Wildman–Crippen LogP) is 2.90. The zero-order valence-electron chi connectivity index (χ0n) is 10.1. The Morgan fingerprint density at radius 3 is 2.78 bits per heavy atom. The van der Waals surface area contributed by atoms with Gasteiger partial charge in [-0.15, -0.1) is 0 Å². The molecule has 0 atom stereocenters. The van der Waals surface area contributed by atoms with Crippen LogP contribution in [0.5, 0.6) is 11.6 Å². The summed E-state index contributed by atoms with van der Waals surface area (Å²) < 4.78 is 11.1. The molecule has 2 aromatic rings. The van der Waals surface area contributed by atoms with Crippen molar-refractivity contribution in [1.82, 2.24) is 10.2 Å². The smallest absolute Gasteiger partial charge is 0.208 e. The van der Waals surface area contributed by atoms with Gasteiger partial charge in [-0.2, -0.15) is 5.10 Å². The Balaban J connectivity index is 1.70. The maximum absolute atomic E-state index is 5.67. The molecule has 0 aliphatic rings. The highest BCUT2D eigenvalue weighted by Crippen LogP contribution is 2.18. The van der Waals surface area contributed by atoms with Crippen molar-refractivity contribution >= 4 is 6.08 Å². The van der Waals surface area contributed by atoms with Crippen LogP contribution in [0, 0.1) is 0 Å². The van der Waals surface area contributed by atoms with Gasteiger partial charge in [-0.25, -0.2) is 5.10 Å². The molecule has 2 rings (SSSR count). The predicted molar refractivity (Wildman–Crippen MR) is 70.7 cm³/mol. The van der Waals surface area contributed by atoms with E-state index in [-0.39, 0.29) is 0 Å². The van der Waals surface area contributed by atoms with Gasteiger partial charge in [0, 0.05) is 18.1 Å². The Morgan fingerprint density at radius 2 is 2.00 bits per heavy atom. The molecular weight excluding hydrogens is 228 g/mol. The third kappa shape index (κ3) is 3.38. The number of aromatic nitrogens is 2. The quantitative estimate of drug-likeness (QED) is 0.762.